The molecule has 22 heavy (non-hydrogen) atoms. The summed E-state index contributed by atoms with van der Waals surface area (Å²) in [5, 5.41) is 2.81. The van der Waals surface area contributed by atoms with Crippen LogP contribution in [-0.2, 0) is 6.54 Å². The molecular weight excluding hydrogens is 280 g/mol. The third kappa shape index (κ3) is 3.16. The quantitative estimate of drug-likeness (QED) is 0.878. The number of aromatic nitrogens is 2. The molecule has 1 aliphatic heterocycles. The van der Waals surface area contributed by atoms with Crippen molar-refractivity contribution < 1.29 is 9.53 Å². The third-order valence-electron chi connectivity index (χ3n) is 3.44. The molecule has 6 heteroatoms. The van der Waals surface area contributed by atoms with Gasteiger partial charge in [0.05, 0.1) is 13.1 Å². The molecule has 0 radical (unpaired) electrons. The molecule has 1 N–H and O–H groups in total. The van der Waals surface area contributed by atoms with E-state index in [1.807, 2.05) is 31.2 Å². The highest BCUT2D eigenvalue weighted by Crippen LogP contribution is 2.25. The Morgan fingerprint density at radius 1 is 1.36 bits per heavy atom. The zero-order valence-electron chi connectivity index (χ0n) is 12.6. The van der Waals surface area contributed by atoms with E-state index in [1.54, 1.807) is 24.1 Å². The number of urea groups is 1. The van der Waals surface area contributed by atoms with E-state index in [2.05, 4.69) is 15.3 Å². The van der Waals surface area contributed by atoms with Crippen LogP contribution in [0.5, 0.6) is 5.75 Å². The lowest BCUT2D eigenvalue weighted by Gasteiger charge is -2.22. The van der Waals surface area contributed by atoms with E-state index in [4.69, 9.17) is 4.74 Å². The Hall–Kier alpha value is -2.63. The molecular formula is C16H18N4O2. The zero-order chi connectivity index (χ0) is 15.5. The second-order valence-corrected chi connectivity index (χ2v) is 5.34. The second kappa shape index (κ2) is 6.01. The van der Waals surface area contributed by atoms with Crippen LogP contribution in [0.2, 0.25) is 0 Å². The van der Waals surface area contributed by atoms with Gasteiger partial charge in [0, 0.05) is 11.8 Å². The van der Waals surface area contributed by atoms with Crippen LogP contribution in [0, 0.1) is 6.92 Å². The summed E-state index contributed by atoms with van der Waals surface area (Å²) < 4.78 is 5.86. The van der Waals surface area contributed by atoms with Crippen LogP contribution in [0.1, 0.15) is 18.3 Å². The summed E-state index contributed by atoms with van der Waals surface area (Å²) in [6.45, 7) is 4.77. The number of amides is 2. The monoisotopic (exact) mass is 298 g/mol. The first-order chi connectivity index (χ1) is 10.6. The number of ether oxygens (including phenoxy) is 1. The maximum absolute atomic E-state index is 12.5. The lowest BCUT2D eigenvalue weighted by molar-refractivity contribution is 0.166. The minimum atomic E-state index is -0.190. The van der Waals surface area contributed by atoms with Gasteiger partial charge in [0.1, 0.15) is 23.5 Å². The number of carbonyl (C=O) groups excluding carboxylic acids is 1. The molecule has 1 aromatic heterocycles. The van der Waals surface area contributed by atoms with Crippen LogP contribution in [0.3, 0.4) is 0 Å². The van der Waals surface area contributed by atoms with Crippen molar-refractivity contribution in [3.8, 4) is 5.75 Å². The first-order valence-corrected chi connectivity index (χ1v) is 7.22. The van der Waals surface area contributed by atoms with Crippen molar-refractivity contribution in [3.05, 3.63) is 47.9 Å². The fraction of sp³-hybridized carbons (Fsp3) is 0.312. The fourth-order valence-corrected chi connectivity index (χ4v) is 2.45. The van der Waals surface area contributed by atoms with Gasteiger partial charge in [-0.3, -0.25) is 5.32 Å². The summed E-state index contributed by atoms with van der Waals surface area (Å²) >= 11 is 0. The number of carbonyl (C=O) groups is 1. The number of hydrogen-bond acceptors (Lipinski definition) is 4. The van der Waals surface area contributed by atoms with Crippen LogP contribution in [0.15, 0.2) is 36.5 Å². The molecule has 2 heterocycles. The van der Waals surface area contributed by atoms with E-state index in [9.17, 15) is 4.79 Å². The smallest absolute Gasteiger partial charge is 0.323 e. The standard InChI is InChI=1S/C16H18N4O2/c1-11-9-20(10-13-5-3-4-6-14(13)22-11)16(21)19-15-7-8-17-12(2)18-15/h3-8,11H,9-10H2,1-2H3,(H,17,18,19,21). The molecule has 0 aliphatic carbocycles. The van der Waals surface area contributed by atoms with Gasteiger partial charge in [-0.2, -0.15) is 0 Å². The lowest BCUT2D eigenvalue weighted by atomic mass is 10.2. The van der Waals surface area contributed by atoms with Crippen molar-refractivity contribution in [1.82, 2.24) is 14.9 Å². The highest BCUT2D eigenvalue weighted by atomic mass is 16.5. The van der Waals surface area contributed by atoms with Crippen molar-refractivity contribution >= 4 is 11.8 Å². The summed E-state index contributed by atoms with van der Waals surface area (Å²) in [5.41, 5.74) is 1.00. The fourth-order valence-electron chi connectivity index (χ4n) is 2.45. The summed E-state index contributed by atoms with van der Waals surface area (Å²) in [7, 11) is 0. The Morgan fingerprint density at radius 3 is 3.00 bits per heavy atom. The number of para-hydroxylation sites is 1. The van der Waals surface area contributed by atoms with E-state index >= 15 is 0 Å². The Morgan fingerprint density at radius 2 is 2.18 bits per heavy atom. The van der Waals surface area contributed by atoms with Crippen LogP contribution in [0.4, 0.5) is 10.6 Å². The average molecular weight is 298 g/mol. The molecule has 0 bridgehead atoms. The normalized spacial score (nSPS) is 17.2. The minimum Gasteiger partial charge on any atom is -0.489 e. The molecule has 3 rings (SSSR count). The number of aryl methyl sites for hydroxylation is 1. The maximum atomic E-state index is 12.5. The first kappa shape index (κ1) is 14.3. The van der Waals surface area contributed by atoms with Crippen LogP contribution in [-0.4, -0.2) is 33.5 Å². The molecule has 0 fully saturated rings. The number of hydrogen-bond donors (Lipinski definition) is 1. The zero-order valence-corrected chi connectivity index (χ0v) is 12.6. The number of benzene rings is 1. The summed E-state index contributed by atoms with van der Waals surface area (Å²) in [4.78, 5) is 22.4. The SMILES string of the molecule is Cc1nccc(NC(=O)N2Cc3ccccc3OC(C)C2)n1. The number of fused-ring (bicyclic) bond motifs is 1. The molecule has 1 atom stereocenters. The van der Waals surface area contributed by atoms with Gasteiger partial charge in [0.2, 0.25) is 0 Å². The van der Waals surface area contributed by atoms with Gasteiger partial charge in [-0.15, -0.1) is 0 Å². The van der Waals surface area contributed by atoms with E-state index in [-0.39, 0.29) is 12.1 Å². The summed E-state index contributed by atoms with van der Waals surface area (Å²) in [5.74, 6) is 1.96. The lowest BCUT2D eigenvalue weighted by Crippen LogP contribution is -2.39. The molecule has 0 spiro atoms. The molecule has 0 saturated heterocycles. The average Bonchev–Trinajstić information content (AvgIpc) is 2.65. The Kier molecular flexibility index (Phi) is 3.91. The van der Waals surface area contributed by atoms with Gasteiger partial charge in [-0.05, 0) is 26.0 Å². The molecule has 1 aromatic carbocycles. The number of nitrogens with zero attached hydrogens (tertiary/aromatic N) is 3. The topological polar surface area (TPSA) is 67.4 Å². The minimum absolute atomic E-state index is 0.0680. The van der Waals surface area contributed by atoms with E-state index in [0.29, 0.717) is 24.7 Å². The molecule has 0 saturated carbocycles. The van der Waals surface area contributed by atoms with Crippen LogP contribution >= 0.6 is 0 Å². The molecule has 114 valence electrons. The Balaban J connectivity index is 1.77. The van der Waals surface area contributed by atoms with Gasteiger partial charge in [0.25, 0.3) is 0 Å². The van der Waals surface area contributed by atoms with E-state index in [0.717, 1.165) is 11.3 Å². The number of nitrogens with one attached hydrogen (secondary N) is 1. The van der Waals surface area contributed by atoms with Gasteiger partial charge >= 0.3 is 6.03 Å². The Labute approximate surface area is 129 Å². The van der Waals surface area contributed by atoms with Crippen molar-refractivity contribution in [3.63, 3.8) is 0 Å². The van der Waals surface area contributed by atoms with Gasteiger partial charge in [-0.1, -0.05) is 18.2 Å². The van der Waals surface area contributed by atoms with E-state index in [1.165, 1.54) is 0 Å². The number of rotatable bonds is 1. The number of anilines is 1. The summed E-state index contributed by atoms with van der Waals surface area (Å²) in [6.07, 6.45) is 1.56. The third-order valence-corrected chi connectivity index (χ3v) is 3.44. The first-order valence-electron chi connectivity index (χ1n) is 7.22. The highest BCUT2D eigenvalue weighted by molar-refractivity contribution is 5.88. The van der Waals surface area contributed by atoms with Gasteiger partial charge in [0.15, 0.2) is 0 Å². The predicted molar refractivity (Wildman–Crippen MR) is 82.7 cm³/mol. The van der Waals surface area contributed by atoms with Crippen molar-refractivity contribution in [2.75, 3.05) is 11.9 Å². The highest BCUT2D eigenvalue weighted by Gasteiger charge is 2.23. The predicted octanol–water partition coefficient (Wildman–Crippen LogP) is 2.60. The second-order valence-electron chi connectivity index (χ2n) is 5.34. The molecule has 2 amide bonds. The largest absolute Gasteiger partial charge is 0.489 e. The van der Waals surface area contributed by atoms with Crippen LogP contribution < -0.4 is 10.1 Å². The van der Waals surface area contributed by atoms with Gasteiger partial charge < -0.3 is 9.64 Å². The molecule has 1 aliphatic rings. The molecule has 1 unspecified atom stereocenters. The molecule has 6 nitrogen and oxygen atoms in total. The van der Waals surface area contributed by atoms with Crippen LogP contribution in [0.25, 0.3) is 0 Å². The summed E-state index contributed by atoms with van der Waals surface area (Å²) in [6, 6.07) is 9.28. The maximum Gasteiger partial charge on any atom is 0.323 e. The van der Waals surface area contributed by atoms with Crippen molar-refractivity contribution in [1.29, 1.82) is 0 Å². The van der Waals surface area contributed by atoms with Crippen molar-refractivity contribution in [2.45, 2.75) is 26.5 Å². The van der Waals surface area contributed by atoms with E-state index < -0.39 is 0 Å². The van der Waals surface area contributed by atoms with Gasteiger partial charge in [-0.25, -0.2) is 14.8 Å². The Bertz CT molecular complexity index is 689. The van der Waals surface area contributed by atoms with Crippen molar-refractivity contribution in [2.24, 2.45) is 0 Å². The molecule has 2 aromatic rings.